The molecule has 8 heteroatoms. The Kier molecular flexibility index (Phi) is 6.98. The van der Waals surface area contributed by atoms with Crippen molar-refractivity contribution in [2.75, 3.05) is 17.2 Å². The van der Waals surface area contributed by atoms with Gasteiger partial charge >= 0.3 is 0 Å². The van der Waals surface area contributed by atoms with Gasteiger partial charge in [0.1, 0.15) is 6.54 Å². The zero-order chi connectivity index (χ0) is 20.1. The van der Waals surface area contributed by atoms with Crippen LogP contribution in [-0.4, -0.2) is 25.3 Å². The summed E-state index contributed by atoms with van der Waals surface area (Å²) in [6, 6.07) is 8.25. The molecule has 1 aliphatic heterocycles. The summed E-state index contributed by atoms with van der Waals surface area (Å²) in [5, 5.41) is 4.45. The normalized spacial score (nSPS) is 16.0. The average molecular weight is 438 g/mol. The molecule has 1 aromatic heterocycles. The highest BCUT2D eigenvalue weighted by atomic mass is 32.2. The summed E-state index contributed by atoms with van der Waals surface area (Å²) in [5.41, 5.74) is 2.32. The SMILES string of the molecule is CC[n+]1ccsc1/C=C(C)/C=C1\Sc2ccccc2N1CCCCS(=O)(=O)O. The van der Waals surface area contributed by atoms with Gasteiger partial charge in [0.2, 0.25) is 0 Å². The second-order valence-corrected chi connectivity index (χ2v) is 10.2. The van der Waals surface area contributed by atoms with Gasteiger partial charge in [0.15, 0.2) is 6.20 Å². The molecule has 0 atom stereocenters. The van der Waals surface area contributed by atoms with E-state index in [1.165, 1.54) is 15.5 Å². The fourth-order valence-corrected chi connectivity index (χ4v) is 5.76. The minimum absolute atomic E-state index is 0.191. The van der Waals surface area contributed by atoms with Crippen LogP contribution in [0.15, 0.2) is 57.4 Å². The summed E-state index contributed by atoms with van der Waals surface area (Å²) < 4.78 is 33.1. The third-order valence-electron chi connectivity index (χ3n) is 4.43. The van der Waals surface area contributed by atoms with Crippen LogP contribution in [0.25, 0.3) is 6.08 Å². The quantitative estimate of drug-likeness (QED) is 0.372. The molecule has 0 saturated heterocycles. The van der Waals surface area contributed by atoms with Crippen molar-refractivity contribution >= 4 is 45.0 Å². The lowest BCUT2D eigenvalue weighted by atomic mass is 10.2. The molecule has 1 aromatic carbocycles. The van der Waals surface area contributed by atoms with Crippen molar-refractivity contribution in [1.29, 1.82) is 0 Å². The van der Waals surface area contributed by atoms with Gasteiger partial charge in [-0.3, -0.25) is 4.55 Å². The molecule has 150 valence electrons. The van der Waals surface area contributed by atoms with Gasteiger partial charge in [0, 0.05) is 17.5 Å². The van der Waals surface area contributed by atoms with E-state index in [1.807, 2.05) is 12.1 Å². The number of nitrogens with zero attached hydrogens (tertiary/aromatic N) is 2. The lowest BCUT2D eigenvalue weighted by molar-refractivity contribution is -0.690. The summed E-state index contributed by atoms with van der Waals surface area (Å²) in [6.07, 6.45) is 7.61. The highest BCUT2D eigenvalue weighted by Crippen LogP contribution is 2.46. The second-order valence-electron chi connectivity index (χ2n) is 6.61. The molecule has 0 bridgehead atoms. The van der Waals surface area contributed by atoms with Crippen molar-refractivity contribution in [1.82, 2.24) is 0 Å². The van der Waals surface area contributed by atoms with E-state index in [9.17, 15) is 8.42 Å². The topological polar surface area (TPSA) is 61.5 Å². The molecule has 3 rings (SSSR count). The van der Waals surface area contributed by atoms with Gasteiger partial charge < -0.3 is 4.90 Å². The Labute approximate surface area is 175 Å². The van der Waals surface area contributed by atoms with Gasteiger partial charge in [-0.1, -0.05) is 35.2 Å². The lowest BCUT2D eigenvalue weighted by Gasteiger charge is -2.20. The van der Waals surface area contributed by atoms with Gasteiger partial charge in [-0.25, -0.2) is 0 Å². The van der Waals surface area contributed by atoms with E-state index < -0.39 is 10.1 Å². The maximum absolute atomic E-state index is 11.0. The molecule has 0 radical (unpaired) electrons. The highest BCUT2D eigenvalue weighted by Gasteiger charge is 2.24. The molecular formula is C20H25N2O3S3+. The van der Waals surface area contributed by atoms with E-state index in [2.05, 4.69) is 59.2 Å². The number of aromatic nitrogens is 1. The lowest BCUT2D eigenvalue weighted by Crippen LogP contribution is -2.31. The second kappa shape index (κ2) is 9.26. The number of benzene rings is 1. The maximum atomic E-state index is 11.0. The Balaban J connectivity index is 1.79. The van der Waals surface area contributed by atoms with Crippen LogP contribution in [-0.2, 0) is 16.7 Å². The van der Waals surface area contributed by atoms with E-state index in [1.54, 1.807) is 23.1 Å². The van der Waals surface area contributed by atoms with Crippen LogP contribution in [0.1, 0.15) is 31.7 Å². The minimum Gasteiger partial charge on any atom is -0.335 e. The highest BCUT2D eigenvalue weighted by molar-refractivity contribution is 8.03. The predicted molar refractivity (Wildman–Crippen MR) is 117 cm³/mol. The number of hydrogen-bond donors (Lipinski definition) is 1. The Morgan fingerprint density at radius 3 is 2.82 bits per heavy atom. The monoisotopic (exact) mass is 437 g/mol. The molecule has 0 saturated carbocycles. The van der Waals surface area contributed by atoms with Crippen molar-refractivity contribution in [3.05, 3.63) is 57.5 Å². The third kappa shape index (κ3) is 5.47. The third-order valence-corrected chi connectivity index (χ3v) is 7.20. The number of fused-ring (bicyclic) bond motifs is 1. The van der Waals surface area contributed by atoms with E-state index in [4.69, 9.17) is 4.55 Å². The number of anilines is 1. The molecule has 0 aliphatic carbocycles. The van der Waals surface area contributed by atoms with Crippen molar-refractivity contribution in [3.8, 4) is 0 Å². The first-order chi connectivity index (χ1) is 13.4. The van der Waals surface area contributed by atoms with Crippen molar-refractivity contribution in [2.24, 2.45) is 0 Å². The first kappa shape index (κ1) is 21.1. The van der Waals surface area contributed by atoms with Crippen molar-refractivity contribution in [2.45, 2.75) is 38.1 Å². The standard InChI is InChI=1S/C20H24N2O3S3/c1-3-21-11-12-26-19(21)14-16(2)15-20-22(10-6-7-13-28(23,24)25)17-8-4-5-9-18(17)27-20/h4-5,8-9,11-12,14-15H,3,6-7,10,13H2,1-2H3/p+1. The molecule has 1 aliphatic rings. The molecule has 2 aromatic rings. The number of unbranched alkanes of at least 4 members (excludes halogenated alkanes) is 1. The summed E-state index contributed by atoms with van der Waals surface area (Å²) in [6.45, 7) is 5.90. The zero-order valence-corrected chi connectivity index (χ0v) is 18.5. The molecule has 1 N–H and O–H groups in total. The Morgan fingerprint density at radius 2 is 2.07 bits per heavy atom. The van der Waals surface area contributed by atoms with Crippen LogP contribution >= 0.6 is 23.1 Å². The molecular weight excluding hydrogens is 412 g/mol. The zero-order valence-electron chi connectivity index (χ0n) is 16.0. The smallest absolute Gasteiger partial charge is 0.264 e. The summed E-state index contributed by atoms with van der Waals surface area (Å²) in [7, 11) is -3.90. The van der Waals surface area contributed by atoms with Crippen LogP contribution in [0.5, 0.6) is 0 Å². The van der Waals surface area contributed by atoms with E-state index >= 15 is 0 Å². The molecule has 0 spiro atoms. The van der Waals surface area contributed by atoms with E-state index in [0.29, 0.717) is 19.4 Å². The number of allylic oxidation sites excluding steroid dienone is 2. The largest absolute Gasteiger partial charge is 0.335 e. The van der Waals surface area contributed by atoms with Gasteiger partial charge in [0.05, 0.1) is 21.8 Å². The minimum atomic E-state index is -3.90. The fraction of sp³-hybridized carbons (Fsp3) is 0.350. The molecule has 2 heterocycles. The van der Waals surface area contributed by atoms with Gasteiger partial charge in [-0.2, -0.15) is 13.0 Å². The van der Waals surface area contributed by atoms with Crippen molar-refractivity contribution < 1.29 is 17.5 Å². The average Bonchev–Trinajstić information content (AvgIpc) is 3.21. The first-order valence-corrected chi connectivity index (χ1v) is 12.5. The number of thiazole rings is 1. The van der Waals surface area contributed by atoms with Crippen molar-refractivity contribution in [3.63, 3.8) is 0 Å². The summed E-state index contributed by atoms with van der Waals surface area (Å²) in [5.74, 6) is -0.191. The van der Waals surface area contributed by atoms with Crippen LogP contribution in [0.3, 0.4) is 0 Å². The van der Waals surface area contributed by atoms with E-state index in [-0.39, 0.29) is 5.75 Å². The molecule has 5 nitrogen and oxygen atoms in total. The molecule has 0 fully saturated rings. The predicted octanol–water partition coefficient (Wildman–Crippen LogP) is 4.58. The summed E-state index contributed by atoms with van der Waals surface area (Å²) >= 11 is 3.46. The number of para-hydroxylation sites is 1. The molecule has 0 amide bonds. The van der Waals surface area contributed by atoms with Crippen LogP contribution in [0, 0.1) is 0 Å². The number of hydrogen-bond acceptors (Lipinski definition) is 5. The Morgan fingerprint density at radius 1 is 1.29 bits per heavy atom. The fourth-order valence-electron chi connectivity index (χ4n) is 3.07. The Hall–Kier alpha value is -1.61. The molecule has 0 unspecified atom stereocenters. The van der Waals surface area contributed by atoms with E-state index in [0.717, 1.165) is 17.3 Å². The molecule has 28 heavy (non-hydrogen) atoms. The Bertz CT molecular complexity index is 994. The van der Waals surface area contributed by atoms with Crippen LogP contribution in [0.2, 0.25) is 0 Å². The number of aryl methyl sites for hydroxylation is 1. The number of rotatable bonds is 8. The number of thioether (sulfide) groups is 1. The van der Waals surface area contributed by atoms with Crippen LogP contribution in [0.4, 0.5) is 5.69 Å². The van der Waals surface area contributed by atoms with Gasteiger partial charge in [0.25, 0.3) is 15.1 Å². The maximum Gasteiger partial charge on any atom is 0.264 e. The van der Waals surface area contributed by atoms with Gasteiger partial charge in [-0.05, 0) is 50.5 Å². The summed E-state index contributed by atoms with van der Waals surface area (Å²) in [4.78, 5) is 3.44. The van der Waals surface area contributed by atoms with Crippen LogP contribution < -0.4 is 9.47 Å². The first-order valence-electron chi connectivity index (χ1n) is 9.24. The van der Waals surface area contributed by atoms with Gasteiger partial charge in [-0.15, -0.1) is 0 Å².